The molecule has 1 unspecified atom stereocenters. The van der Waals surface area contributed by atoms with Gasteiger partial charge in [0.05, 0.1) is 0 Å². The minimum absolute atomic E-state index is 0.699. The standard InChI is InChI=1S/C18H21NO2/c1-18(17(20)21)11-4-5-12-19(18)13-15-9-6-8-14-7-2-3-10-16(14)15/h2-3,6-10H,4-5,11-13H2,1H3,(H,20,21). The van der Waals surface area contributed by atoms with Crippen LogP contribution in [0.3, 0.4) is 0 Å². The highest BCUT2D eigenvalue weighted by atomic mass is 16.4. The van der Waals surface area contributed by atoms with Crippen LogP contribution < -0.4 is 0 Å². The molecule has 3 rings (SSSR count). The van der Waals surface area contributed by atoms with Crippen molar-refractivity contribution in [1.29, 1.82) is 0 Å². The second kappa shape index (κ2) is 5.49. The number of aliphatic carboxylic acids is 1. The molecule has 0 bridgehead atoms. The molecule has 0 saturated carbocycles. The zero-order valence-corrected chi connectivity index (χ0v) is 12.4. The van der Waals surface area contributed by atoms with Crippen LogP contribution in [0.1, 0.15) is 31.7 Å². The predicted molar refractivity (Wildman–Crippen MR) is 84.2 cm³/mol. The van der Waals surface area contributed by atoms with E-state index in [9.17, 15) is 9.90 Å². The molecule has 110 valence electrons. The van der Waals surface area contributed by atoms with Gasteiger partial charge in [0.15, 0.2) is 0 Å². The number of nitrogens with zero attached hydrogens (tertiary/aromatic N) is 1. The molecule has 3 heteroatoms. The molecule has 1 aliphatic heterocycles. The van der Waals surface area contributed by atoms with E-state index >= 15 is 0 Å². The van der Waals surface area contributed by atoms with E-state index in [1.54, 1.807) is 0 Å². The van der Waals surface area contributed by atoms with Crippen LogP contribution in [0.2, 0.25) is 0 Å². The first-order chi connectivity index (χ1) is 10.1. The van der Waals surface area contributed by atoms with Crippen LogP contribution in [0.25, 0.3) is 10.8 Å². The molecule has 0 aliphatic carbocycles. The van der Waals surface area contributed by atoms with Gasteiger partial charge in [-0.2, -0.15) is 0 Å². The lowest BCUT2D eigenvalue weighted by molar-refractivity contribution is -0.153. The number of piperidine rings is 1. The van der Waals surface area contributed by atoms with Crippen molar-refractivity contribution in [3.05, 3.63) is 48.0 Å². The number of carboxylic acids is 1. The summed E-state index contributed by atoms with van der Waals surface area (Å²) in [4.78, 5) is 13.8. The Morgan fingerprint density at radius 1 is 1.19 bits per heavy atom. The van der Waals surface area contributed by atoms with E-state index in [4.69, 9.17) is 0 Å². The van der Waals surface area contributed by atoms with Crippen LogP contribution >= 0.6 is 0 Å². The Balaban J connectivity index is 1.95. The predicted octanol–water partition coefficient (Wildman–Crippen LogP) is 3.67. The highest BCUT2D eigenvalue weighted by Crippen LogP contribution is 2.31. The van der Waals surface area contributed by atoms with Gasteiger partial charge in [-0.1, -0.05) is 42.5 Å². The second-order valence-electron chi connectivity index (χ2n) is 6.10. The fraction of sp³-hybridized carbons (Fsp3) is 0.389. The Morgan fingerprint density at radius 2 is 1.95 bits per heavy atom. The summed E-state index contributed by atoms with van der Waals surface area (Å²) in [5.74, 6) is -0.706. The summed E-state index contributed by atoms with van der Waals surface area (Å²) in [7, 11) is 0. The molecule has 1 N–H and O–H groups in total. The fourth-order valence-electron chi connectivity index (χ4n) is 3.31. The minimum atomic E-state index is -0.741. The van der Waals surface area contributed by atoms with Crippen LogP contribution in [-0.4, -0.2) is 28.1 Å². The number of hydrogen-bond acceptors (Lipinski definition) is 2. The van der Waals surface area contributed by atoms with Gasteiger partial charge in [-0.3, -0.25) is 9.69 Å². The lowest BCUT2D eigenvalue weighted by atomic mass is 9.87. The first kappa shape index (κ1) is 14.1. The number of likely N-dealkylation sites (tertiary alicyclic amines) is 1. The van der Waals surface area contributed by atoms with Crippen molar-refractivity contribution in [3.63, 3.8) is 0 Å². The molecule has 1 aliphatic rings. The number of rotatable bonds is 3. The molecule has 1 fully saturated rings. The molecular formula is C18H21NO2. The number of fused-ring (bicyclic) bond motifs is 1. The van der Waals surface area contributed by atoms with Crippen molar-refractivity contribution in [2.24, 2.45) is 0 Å². The molecule has 3 nitrogen and oxygen atoms in total. The molecule has 21 heavy (non-hydrogen) atoms. The van der Waals surface area contributed by atoms with Gasteiger partial charge in [0, 0.05) is 6.54 Å². The molecule has 2 aromatic rings. The summed E-state index contributed by atoms with van der Waals surface area (Å²) in [5, 5.41) is 12.1. The summed E-state index contributed by atoms with van der Waals surface area (Å²) < 4.78 is 0. The van der Waals surface area contributed by atoms with Crippen molar-refractivity contribution in [3.8, 4) is 0 Å². The van der Waals surface area contributed by atoms with E-state index in [2.05, 4.69) is 35.2 Å². The van der Waals surface area contributed by atoms with Gasteiger partial charge < -0.3 is 5.11 Å². The normalized spacial score (nSPS) is 23.3. The summed E-state index contributed by atoms with van der Waals surface area (Å²) in [5.41, 5.74) is 0.470. The van der Waals surface area contributed by atoms with Gasteiger partial charge >= 0.3 is 5.97 Å². The number of hydrogen-bond donors (Lipinski definition) is 1. The quantitative estimate of drug-likeness (QED) is 0.934. The third kappa shape index (κ3) is 2.54. The third-order valence-corrected chi connectivity index (χ3v) is 4.74. The van der Waals surface area contributed by atoms with Gasteiger partial charge in [-0.15, -0.1) is 0 Å². The van der Waals surface area contributed by atoms with Crippen LogP contribution in [-0.2, 0) is 11.3 Å². The maximum atomic E-state index is 11.7. The van der Waals surface area contributed by atoms with E-state index < -0.39 is 11.5 Å². The van der Waals surface area contributed by atoms with Crippen molar-refractivity contribution in [2.45, 2.75) is 38.3 Å². The van der Waals surface area contributed by atoms with Gasteiger partial charge in [-0.05, 0) is 49.1 Å². The molecule has 0 aromatic heterocycles. The van der Waals surface area contributed by atoms with E-state index in [1.807, 2.05) is 19.1 Å². The van der Waals surface area contributed by atoms with Crippen molar-refractivity contribution < 1.29 is 9.90 Å². The minimum Gasteiger partial charge on any atom is -0.480 e. The van der Waals surface area contributed by atoms with Crippen molar-refractivity contribution in [2.75, 3.05) is 6.54 Å². The van der Waals surface area contributed by atoms with Gasteiger partial charge in [-0.25, -0.2) is 0 Å². The Labute approximate surface area is 125 Å². The Bertz CT molecular complexity index is 662. The molecular weight excluding hydrogens is 262 g/mol. The van der Waals surface area contributed by atoms with E-state index in [0.29, 0.717) is 6.54 Å². The molecule has 1 heterocycles. The first-order valence-electron chi connectivity index (χ1n) is 7.56. The lowest BCUT2D eigenvalue weighted by Crippen LogP contribution is -2.54. The van der Waals surface area contributed by atoms with E-state index in [0.717, 1.165) is 25.8 Å². The molecule has 0 spiro atoms. The molecule has 1 saturated heterocycles. The van der Waals surface area contributed by atoms with Gasteiger partial charge in [0.1, 0.15) is 5.54 Å². The monoisotopic (exact) mass is 283 g/mol. The first-order valence-corrected chi connectivity index (χ1v) is 7.56. The molecule has 2 aromatic carbocycles. The van der Waals surface area contributed by atoms with Crippen LogP contribution in [0.4, 0.5) is 0 Å². The molecule has 0 radical (unpaired) electrons. The van der Waals surface area contributed by atoms with E-state index in [1.165, 1.54) is 16.3 Å². The smallest absolute Gasteiger partial charge is 0.323 e. The van der Waals surface area contributed by atoms with E-state index in [-0.39, 0.29) is 0 Å². The van der Waals surface area contributed by atoms with Gasteiger partial charge in [0.25, 0.3) is 0 Å². The van der Waals surface area contributed by atoms with Gasteiger partial charge in [0.2, 0.25) is 0 Å². The lowest BCUT2D eigenvalue weighted by Gasteiger charge is -2.41. The second-order valence-corrected chi connectivity index (χ2v) is 6.10. The maximum Gasteiger partial charge on any atom is 0.323 e. The number of carbonyl (C=O) groups is 1. The molecule has 0 amide bonds. The zero-order chi connectivity index (χ0) is 14.9. The average Bonchev–Trinajstić information content (AvgIpc) is 2.50. The highest BCUT2D eigenvalue weighted by molar-refractivity contribution is 5.85. The Hall–Kier alpha value is -1.87. The Morgan fingerprint density at radius 3 is 2.76 bits per heavy atom. The largest absolute Gasteiger partial charge is 0.480 e. The third-order valence-electron chi connectivity index (χ3n) is 4.74. The SMILES string of the molecule is CC1(C(=O)O)CCCCN1Cc1cccc2ccccc12. The number of benzene rings is 2. The summed E-state index contributed by atoms with van der Waals surface area (Å²) in [6.07, 6.45) is 2.80. The molecule has 1 atom stereocenters. The van der Waals surface area contributed by atoms with Crippen LogP contribution in [0.15, 0.2) is 42.5 Å². The van der Waals surface area contributed by atoms with Crippen LogP contribution in [0.5, 0.6) is 0 Å². The number of carboxylic acid groups (broad SMARTS) is 1. The maximum absolute atomic E-state index is 11.7. The zero-order valence-electron chi connectivity index (χ0n) is 12.4. The summed E-state index contributed by atoms with van der Waals surface area (Å²) in [6, 6.07) is 14.6. The van der Waals surface area contributed by atoms with Crippen LogP contribution in [0, 0.1) is 0 Å². The Kier molecular flexibility index (Phi) is 3.68. The highest BCUT2D eigenvalue weighted by Gasteiger charge is 2.41. The van der Waals surface area contributed by atoms with Crippen molar-refractivity contribution >= 4 is 16.7 Å². The average molecular weight is 283 g/mol. The summed E-state index contributed by atoms with van der Waals surface area (Å²) in [6.45, 7) is 3.41. The topological polar surface area (TPSA) is 40.5 Å². The summed E-state index contributed by atoms with van der Waals surface area (Å²) >= 11 is 0. The van der Waals surface area contributed by atoms with Crippen molar-refractivity contribution in [1.82, 2.24) is 4.90 Å². The fourth-order valence-corrected chi connectivity index (χ4v) is 3.31.